The number of ether oxygens (including phenoxy) is 2. The van der Waals surface area contributed by atoms with Crippen LogP contribution in [0.25, 0.3) is 0 Å². The van der Waals surface area contributed by atoms with E-state index < -0.39 is 5.79 Å². The molecule has 1 atom stereocenters. The van der Waals surface area contributed by atoms with E-state index in [4.69, 9.17) is 9.47 Å². The molecular weight excluding hydrogens is 396 g/mol. The minimum atomic E-state index is -0.855. The Morgan fingerprint density at radius 3 is 1.75 bits per heavy atom. The molecule has 3 heteroatoms. The molecule has 32 heavy (non-hydrogen) atoms. The molecule has 1 aromatic rings. The van der Waals surface area contributed by atoms with Crippen LogP contribution in [-0.2, 0) is 15.3 Å². The Morgan fingerprint density at radius 1 is 0.656 bits per heavy atom. The largest absolute Gasteiger partial charge is 0.507 e. The molecular formula is C29H52O3. The molecule has 0 heterocycles. The van der Waals surface area contributed by atoms with Crippen LogP contribution < -0.4 is 0 Å². The van der Waals surface area contributed by atoms with Crippen molar-refractivity contribution in [2.24, 2.45) is 5.92 Å². The number of aromatic hydroxyl groups is 1. The molecule has 186 valence electrons. The van der Waals surface area contributed by atoms with Crippen LogP contribution in [0, 0.1) is 5.92 Å². The molecule has 0 aliphatic carbocycles. The Hall–Kier alpha value is -1.06. The summed E-state index contributed by atoms with van der Waals surface area (Å²) in [6.07, 6.45) is 17.6. The third kappa shape index (κ3) is 10.3. The normalized spacial score (nSPS) is 12.9. The van der Waals surface area contributed by atoms with E-state index in [0.717, 1.165) is 50.5 Å². The molecule has 3 nitrogen and oxygen atoms in total. The van der Waals surface area contributed by atoms with E-state index in [9.17, 15) is 5.11 Å². The fourth-order valence-corrected chi connectivity index (χ4v) is 4.62. The number of hydrogen-bond donors (Lipinski definition) is 1. The molecule has 0 spiro atoms. The SMILES string of the molecule is CCCCCCCCC(CCC)C(OCCCCC)(OCCCCC)c1ccccc1O. The van der Waals surface area contributed by atoms with Crippen LogP contribution in [0.5, 0.6) is 5.75 Å². The van der Waals surface area contributed by atoms with Crippen molar-refractivity contribution < 1.29 is 14.6 Å². The van der Waals surface area contributed by atoms with E-state index in [0.29, 0.717) is 19.0 Å². The molecule has 0 aromatic heterocycles. The average Bonchev–Trinajstić information content (AvgIpc) is 2.80. The first-order valence-electron chi connectivity index (χ1n) is 13.7. The number of phenolic OH excluding ortho intramolecular Hbond substituents is 1. The number of hydrogen-bond acceptors (Lipinski definition) is 3. The lowest BCUT2D eigenvalue weighted by molar-refractivity contribution is -0.282. The first kappa shape index (κ1) is 29.0. The Balaban J connectivity index is 3.14. The van der Waals surface area contributed by atoms with Crippen LogP contribution in [0.4, 0.5) is 0 Å². The zero-order valence-corrected chi connectivity index (χ0v) is 21.7. The zero-order valence-electron chi connectivity index (χ0n) is 21.7. The molecule has 0 aliphatic rings. The van der Waals surface area contributed by atoms with Crippen LogP contribution in [0.3, 0.4) is 0 Å². The molecule has 1 aromatic carbocycles. The summed E-state index contributed by atoms with van der Waals surface area (Å²) in [5.41, 5.74) is 0.817. The van der Waals surface area contributed by atoms with Gasteiger partial charge in [0.1, 0.15) is 5.75 Å². The number of phenols is 1. The van der Waals surface area contributed by atoms with Crippen molar-refractivity contribution in [2.45, 2.75) is 130 Å². The maximum Gasteiger partial charge on any atom is 0.201 e. The maximum atomic E-state index is 10.9. The summed E-state index contributed by atoms with van der Waals surface area (Å²) in [6.45, 7) is 10.3. The van der Waals surface area contributed by atoms with E-state index in [1.807, 2.05) is 18.2 Å². The predicted octanol–water partition coefficient (Wildman–Crippen LogP) is 9.13. The van der Waals surface area contributed by atoms with Crippen molar-refractivity contribution in [3.8, 4) is 5.75 Å². The quantitative estimate of drug-likeness (QED) is 0.150. The molecule has 0 saturated carbocycles. The molecule has 0 bridgehead atoms. The predicted molar refractivity (Wildman–Crippen MR) is 137 cm³/mol. The summed E-state index contributed by atoms with van der Waals surface area (Å²) < 4.78 is 13.4. The summed E-state index contributed by atoms with van der Waals surface area (Å²) in [5, 5.41) is 10.9. The van der Waals surface area contributed by atoms with E-state index >= 15 is 0 Å². The molecule has 0 amide bonds. The van der Waals surface area contributed by atoms with Crippen molar-refractivity contribution in [2.75, 3.05) is 13.2 Å². The van der Waals surface area contributed by atoms with Crippen molar-refractivity contribution >= 4 is 0 Å². The van der Waals surface area contributed by atoms with Gasteiger partial charge in [0, 0.05) is 5.92 Å². The average molecular weight is 449 g/mol. The lowest BCUT2D eigenvalue weighted by atomic mass is 9.83. The van der Waals surface area contributed by atoms with Gasteiger partial charge in [0.25, 0.3) is 0 Å². The Labute approximate surface area is 199 Å². The second-order valence-corrected chi connectivity index (χ2v) is 9.34. The number of rotatable bonds is 21. The molecule has 0 fully saturated rings. The lowest BCUT2D eigenvalue weighted by Gasteiger charge is -2.41. The van der Waals surface area contributed by atoms with Crippen LogP contribution in [0.15, 0.2) is 24.3 Å². The van der Waals surface area contributed by atoms with Crippen molar-refractivity contribution in [3.05, 3.63) is 29.8 Å². The third-order valence-corrected chi connectivity index (χ3v) is 6.49. The number of unbranched alkanes of at least 4 members (excludes halogenated alkanes) is 9. The van der Waals surface area contributed by atoms with Crippen molar-refractivity contribution in [3.63, 3.8) is 0 Å². The van der Waals surface area contributed by atoms with Gasteiger partial charge in [0.05, 0.1) is 18.8 Å². The Morgan fingerprint density at radius 2 is 1.19 bits per heavy atom. The smallest absolute Gasteiger partial charge is 0.201 e. The Bertz CT molecular complexity index is 545. The van der Waals surface area contributed by atoms with Crippen LogP contribution in [0.2, 0.25) is 0 Å². The van der Waals surface area contributed by atoms with Gasteiger partial charge in [-0.25, -0.2) is 0 Å². The van der Waals surface area contributed by atoms with Gasteiger partial charge < -0.3 is 14.6 Å². The maximum absolute atomic E-state index is 10.9. The number of benzene rings is 1. The second-order valence-electron chi connectivity index (χ2n) is 9.34. The molecule has 1 N–H and O–H groups in total. The van der Waals surface area contributed by atoms with Crippen LogP contribution >= 0.6 is 0 Å². The summed E-state index contributed by atoms with van der Waals surface area (Å²) in [7, 11) is 0. The zero-order chi connectivity index (χ0) is 23.5. The van der Waals surface area contributed by atoms with Crippen molar-refractivity contribution in [1.29, 1.82) is 0 Å². The highest BCUT2D eigenvalue weighted by Crippen LogP contribution is 2.44. The Kier molecular flexibility index (Phi) is 16.6. The van der Waals surface area contributed by atoms with Gasteiger partial charge in [-0.2, -0.15) is 0 Å². The monoisotopic (exact) mass is 448 g/mol. The first-order valence-corrected chi connectivity index (χ1v) is 13.7. The van der Waals surface area contributed by atoms with E-state index in [2.05, 4.69) is 27.7 Å². The fourth-order valence-electron chi connectivity index (χ4n) is 4.62. The molecule has 0 radical (unpaired) electrons. The highest BCUT2D eigenvalue weighted by atomic mass is 16.7. The lowest BCUT2D eigenvalue weighted by Crippen LogP contribution is -2.42. The summed E-state index contributed by atoms with van der Waals surface area (Å²) in [5.74, 6) is -0.315. The standard InChI is InChI=1S/C29H52O3/c1-5-9-12-13-14-15-21-26(20-8-4)29(31-24-18-10-6-2,32-25-19-11-7-3)27-22-16-17-23-28(27)30/h16-17,22-23,26,30H,5-15,18-21,24-25H2,1-4H3. The second kappa shape index (κ2) is 18.4. The summed E-state index contributed by atoms with van der Waals surface area (Å²) in [6, 6.07) is 7.68. The summed E-state index contributed by atoms with van der Waals surface area (Å²) in [4.78, 5) is 0. The van der Waals surface area contributed by atoms with E-state index in [-0.39, 0.29) is 5.92 Å². The van der Waals surface area contributed by atoms with Gasteiger partial charge in [-0.15, -0.1) is 0 Å². The first-order chi connectivity index (χ1) is 15.7. The van der Waals surface area contributed by atoms with E-state index in [1.54, 1.807) is 6.07 Å². The van der Waals surface area contributed by atoms with Gasteiger partial charge in [0.15, 0.2) is 0 Å². The van der Waals surface area contributed by atoms with Crippen LogP contribution in [0.1, 0.15) is 130 Å². The van der Waals surface area contributed by atoms with Crippen molar-refractivity contribution in [1.82, 2.24) is 0 Å². The summed E-state index contributed by atoms with van der Waals surface area (Å²) >= 11 is 0. The van der Waals surface area contributed by atoms with Gasteiger partial charge in [0.2, 0.25) is 5.79 Å². The third-order valence-electron chi connectivity index (χ3n) is 6.49. The minimum Gasteiger partial charge on any atom is -0.507 e. The molecule has 0 saturated heterocycles. The highest BCUT2D eigenvalue weighted by Gasteiger charge is 2.43. The van der Waals surface area contributed by atoms with Gasteiger partial charge in [-0.05, 0) is 37.8 Å². The van der Waals surface area contributed by atoms with Gasteiger partial charge in [-0.3, -0.25) is 0 Å². The molecule has 1 unspecified atom stereocenters. The van der Waals surface area contributed by atoms with Gasteiger partial charge in [-0.1, -0.05) is 110 Å². The molecule has 0 aliphatic heterocycles. The number of para-hydroxylation sites is 1. The van der Waals surface area contributed by atoms with Crippen LogP contribution in [-0.4, -0.2) is 18.3 Å². The topological polar surface area (TPSA) is 38.7 Å². The minimum absolute atomic E-state index is 0.246. The van der Waals surface area contributed by atoms with Gasteiger partial charge >= 0.3 is 0 Å². The molecule has 1 rings (SSSR count). The fraction of sp³-hybridized carbons (Fsp3) is 0.793. The highest BCUT2D eigenvalue weighted by molar-refractivity contribution is 5.36. The van der Waals surface area contributed by atoms with E-state index in [1.165, 1.54) is 51.4 Å².